The van der Waals surface area contributed by atoms with Crippen molar-refractivity contribution >= 4 is 11.3 Å². The molecule has 7 heteroatoms. The molecule has 3 rings (SSSR count). The number of nitrogens with two attached hydrogens (primary N) is 1. The van der Waals surface area contributed by atoms with E-state index in [0.29, 0.717) is 0 Å². The van der Waals surface area contributed by atoms with Gasteiger partial charge in [0.15, 0.2) is 0 Å². The van der Waals surface area contributed by atoms with Gasteiger partial charge in [-0.15, -0.1) is 16.4 Å². The quantitative estimate of drug-likeness (QED) is 0.780. The summed E-state index contributed by atoms with van der Waals surface area (Å²) in [6.07, 6.45) is 3.36. The van der Waals surface area contributed by atoms with Gasteiger partial charge >= 0.3 is 0 Å². The lowest BCUT2D eigenvalue weighted by Crippen LogP contribution is -2.21. The van der Waals surface area contributed by atoms with E-state index in [1.54, 1.807) is 22.3 Å². The number of aromatic nitrogens is 5. The minimum absolute atomic E-state index is 0.177. The highest BCUT2D eigenvalue weighted by atomic mass is 32.1. The van der Waals surface area contributed by atoms with Crippen LogP contribution in [0.1, 0.15) is 18.4 Å². The lowest BCUT2D eigenvalue weighted by Gasteiger charge is -2.04. The van der Waals surface area contributed by atoms with Crippen molar-refractivity contribution < 1.29 is 0 Å². The number of benzene rings is 1. The second kappa shape index (κ2) is 6.11. The fourth-order valence-electron chi connectivity index (χ4n) is 1.99. The first-order valence-electron chi connectivity index (χ1n) is 6.80. The zero-order valence-corrected chi connectivity index (χ0v) is 12.5. The molecule has 0 spiro atoms. The summed E-state index contributed by atoms with van der Waals surface area (Å²) in [7, 11) is 0. The Morgan fingerprint density at radius 2 is 2.29 bits per heavy atom. The van der Waals surface area contributed by atoms with Gasteiger partial charge in [0.25, 0.3) is 0 Å². The lowest BCUT2D eigenvalue weighted by molar-refractivity contribution is 0.644. The molecular formula is C14H16N6S. The molecule has 2 N–H and O–H groups in total. The van der Waals surface area contributed by atoms with E-state index >= 15 is 0 Å². The minimum Gasteiger partial charge on any atom is -0.327 e. The van der Waals surface area contributed by atoms with Gasteiger partial charge in [-0.25, -0.2) is 9.67 Å². The maximum Gasteiger partial charge on any atom is 0.143 e. The Balaban J connectivity index is 1.86. The maximum atomic E-state index is 5.98. The highest BCUT2D eigenvalue weighted by Crippen LogP contribution is 2.24. The van der Waals surface area contributed by atoms with Gasteiger partial charge in [-0.2, -0.15) is 0 Å². The number of tetrazole rings is 1. The average molecular weight is 300 g/mol. The summed E-state index contributed by atoms with van der Waals surface area (Å²) in [5.74, 6) is 0. The zero-order chi connectivity index (χ0) is 14.7. The van der Waals surface area contributed by atoms with E-state index in [9.17, 15) is 0 Å². The van der Waals surface area contributed by atoms with Crippen molar-refractivity contribution in [2.24, 2.45) is 5.73 Å². The fraction of sp³-hybridized carbons (Fsp3) is 0.286. The molecule has 2 heterocycles. The molecule has 6 nitrogen and oxygen atoms in total. The van der Waals surface area contributed by atoms with Crippen LogP contribution in [0.3, 0.4) is 0 Å². The van der Waals surface area contributed by atoms with Crippen LogP contribution in [0.5, 0.6) is 0 Å². The van der Waals surface area contributed by atoms with Gasteiger partial charge in [-0.1, -0.05) is 19.1 Å². The molecule has 0 saturated heterocycles. The van der Waals surface area contributed by atoms with Gasteiger partial charge in [0.05, 0.1) is 16.4 Å². The second-order valence-electron chi connectivity index (χ2n) is 4.80. The van der Waals surface area contributed by atoms with Crippen molar-refractivity contribution in [3.63, 3.8) is 0 Å². The van der Waals surface area contributed by atoms with Crippen LogP contribution in [0.4, 0.5) is 0 Å². The number of rotatable bonds is 5. The molecule has 108 valence electrons. The summed E-state index contributed by atoms with van der Waals surface area (Å²) in [4.78, 5) is 4.67. The van der Waals surface area contributed by atoms with Crippen molar-refractivity contribution in [3.8, 4) is 16.9 Å². The third kappa shape index (κ3) is 3.14. The molecule has 1 unspecified atom stereocenters. The van der Waals surface area contributed by atoms with Crippen LogP contribution >= 0.6 is 11.3 Å². The standard InChI is InChI=1S/C14H16N6S/c1-2-11(15)7-14-17-13(8-21-14)10-4-3-5-12(6-10)20-9-16-18-19-20/h3-6,8-9,11H,2,7,15H2,1H3. The number of hydrogen-bond donors (Lipinski definition) is 1. The van der Waals surface area contributed by atoms with Gasteiger partial charge in [-0.3, -0.25) is 0 Å². The van der Waals surface area contributed by atoms with Crippen LogP contribution in [0.2, 0.25) is 0 Å². The van der Waals surface area contributed by atoms with Crippen molar-refractivity contribution in [3.05, 3.63) is 41.0 Å². The van der Waals surface area contributed by atoms with Crippen molar-refractivity contribution in [2.75, 3.05) is 0 Å². The number of nitrogens with zero attached hydrogens (tertiary/aromatic N) is 5. The highest BCUT2D eigenvalue weighted by molar-refractivity contribution is 7.09. The summed E-state index contributed by atoms with van der Waals surface area (Å²) in [6.45, 7) is 2.09. The first-order chi connectivity index (χ1) is 10.3. The Hall–Kier alpha value is -2.12. The first kappa shape index (κ1) is 13.8. The molecule has 0 aliphatic heterocycles. The molecular weight excluding hydrogens is 284 g/mol. The van der Waals surface area contributed by atoms with E-state index in [4.69, 9.17) is 5.73 Å². The normalized spacial score (nSPS) is 12.5. The van der Waals surface area contributed by atoms with E-state index in [0.717, 1.165) is 34.8 Å². The lowest BCUT2D eigenvalue weighted by atomic mass is 10.1. The zero-order valence-electron chi connectivity index (χ0n) is 11.7. The monoisotopic (exact) mass is 300 g/mol. The van der Waals surface area contributed by atoms with Gasteiger partial charge in [0, 0.05) is 23.4 Å². The summed E-state index contributed by atoms with van der Waals surface area (Å²) < 4.78 is 1.63. The highest BCUT2D eigenvalue weighted by Gasteiger charge is 2.09. The SMILES string of the molecule is CCC(N)Cc1nc(-c2cccc(-n3cnnn3)c2)cs1. The number of hydrogen-bond acceptors (Lipinski definition) is 6. The van der Waals surface area contributed by atoms with Crippen LogP contribution in [-0.2, 0) is 6.42 Å². The molecule has 1 atom stereocenters. The molecule has 2 aromatic heterocycles. The minimum atomic E-state index is 0.177. The van der Waals surface area contributed by atoms with E-state index in [2.05, 4.69) is 32.8 Å². The molecule has 0 aliphatic carbocycles. The predicted octanol–water partition coefficient (Wildman–Crippen LogP) is 2.07. The first-order valence-corrected chi connectivity index (χ1v) is 7.68. The van der Waals surface area contributed by atoms with Gasteiger partial charge < -0.3 is 5.73 Å². The van der Waals surface area contributed by atoms with Crippen LogP contribution in [-0.4, -0.2) is 31.2 Å². The second-order valence-corrected chi connectivity index (χ2v) is 5.75. The predicted molar refractivity (Wildman–Crippen MR) is 82.2 cm³/mol. The van der Waals surface area contributed by atoms with Crippen LogP contribution in [0.15, 0.2) is 36.0 Å². The van der Waals surface area contributed by atoms with E-state index in [-0.39, 0.29) is 6.04 Å². The molecule has 0 aliphatic rings. The summed E-state index contributed by atoms with van der Waals surface area (Å²) in [6, 6.07) is 8.17. The Bertz CT molecular complexity index is 706. The summed E-state index contributed by atoms with van der Waals surface area (Å²) in [5, 5.41) is 14.3. The smallest absolute Gasteiger partial charge is 0.143 e. The van der Waals surface area contributed by atoms with Crippen molar-refractivity contribution in [1.82, 2.24) is 25.2 Å². The van der Waals surface area contributed by atoms with Crippen molar-refractivity contribution in [2.45, 2.75) is 25.8 Å². The Morgan fingerprint density at radius 1 is 1.38 bits per heavy atom. The largest absolute Gasteiger partial charge is 0.327 e. The third-order valence-electron chi connectivity index (χ3n) is 3.27. The molecule has 1 aromatic carbocycles. The molecule has 0 radical (unpaired) electrons. The Kier molecular flexibility index (Phi) is 4.03. The van der Waals surface area contributed by atoms with Crippen LogP contribution in [0.25, 0.3) is 16.9 Å². The van der Waals surface area contributed by atoms with Gasteiger partial charge in [0.1, 0.15) is 6.33 Å². The fourth-order valence-corrected chi connectivity index (χ4v) is 2.89. The molecule has 0 saturated carbocycles. The summed E-state index contributed by atoms with van der Waals surface area (Å²) >= 11 is 1.65. The third-order valence-corrected chi connectivity index (χ3v) is 4.14. The molecule has 0 bridgehead atoms. The topological polar surface area (TPSA) is 82.5 Å². The van der Waals surface area contributed by atoms with E-state index < -0.39 is 0 Å². The van der Waals surface area contributed by atoms with Gasteiger partial charge in [-0.05, 0) is 29.0 Å². The average Bonchev–Trinajstić information content (AvgIpc) is 3.19. The van der Waals surface area contributed by atoms with E-state index in [1.807, 2.05) is 24.3 Å². The molecule has 3 aromatic rings. The van der Waals surface area contributed by atoms with Crippen LogP contribution in [0, 0.1) is 0 Å². The maximum absolute atomic E-state index is 5.98. The van der Waals surface area contributed by atoms with Crippen molar-refractivity contribution in [1.29, 1.82) is 0 Å². The summed E-state index contributed by atoms with van der Waals surface area (Å²) in [5.41, 5.74) is 8.91. The Labute approximate surface area is 126 Å². The molecule has 0 fully saturated rings. The number of thiazole rings is 1. The molecule has 0 amide bonds. The molecule has 21 heavy (non-hydrogen) atoms. The van der Waals surface area contributed by atoms with E-state index in [1.165, 1.54) is 0 Å². The van der Waals surface area contributed by atoms with Gasteiger partial charge in [0.2, 0.25) is 0 Å². The van der Waals surface area contributed by atoms with Crippen LogP contribution < -0.4 is 5.73 Å². The Morgan fingerprint density at radius 3 is 3.05 bits per heavy atom.